The smallest absolute Gasteiger partial charge is 0.262 e. The van der Waals surface area contributed by atoms with Crippen molar-refractivity contribution >= 4 is 34.3 Å². The number of allylic oxidation sites excluding steroid dienone is 1. The predicted octanol–water partition coefficient (Wildman–Crippen LogP) is 4.65. The first-order valence-electron chi connectivity index (χ1n) is 9.88. The van der Waals surface area contributed by atoms with Gasteiger partial charge >= 0.3 is 0 Å². The summed E-state index contributed by atoms with van der Waals surface area (Å²) in [5, 5.41) is 12.3. The summed E-state index contributed by atoms with van der Waals surface area (Å²) in [7, 11) is 1.57. The van der Waals surface area contributed by atoms with E-state index in [1.807, 2.05) is 36.4 Å². The minimum absolute atomic E-state index is 0.130. The van der Waals surface area contributed by atoms with Crippen LogP contribution < -0.4 is 14.8 Å². The van der Waals surface area contributed by atoms with Crippen LogP contribution in [0.1, 0.15) is 11.4 Å². The monoisotopic (exact) mass is 424 g/mol. The second-order valence-electron chi connectivity index (χ2n) is 6.91. The maximum atomic E-state index is 12.1. The van der Waals surface area contributed by atoms with E-state index in [0.717, 1.165) is 16.6 Å². The summed E-state index contributed by atoms with van der Waals surface area (Å²) < 4.78 is 10.7. The fourth-order valence-corrected chi connectivity index (χ4v) is 3.11. The molecule has 0 aliphatic carbocycles. The molecule has 0 aliphatic heterocycles. The maximum absolute atomic E-state index is 12.1. The van der Waals surface area contributed by atoms with Gasteiger partial charge in [-0.15, -0.1) is 0 Å². The first-order chi connectivity index (χ1) is 15.6. The number of methoxy groups -OCH3 is 1. The van der Waals surface area contributed by atoms with Crippen LogP contribution in [0.5, 0.6) is 11.5 Å². The van der Waals surface area contributed by atoms with Crippen LogP contribution in [-0.4, -0.2) is 29.6 Å². The van der Waals surface area contributed by atoms with Gasteiger partial charge in [-0.2, -0.15) is 5.26 Å². The van der Waals surface area contributed by atoms with Gasteiger partial charge in [0, 0.05) is 11.8 Å². The summed E-state index contributed by atoms with van der Waals surface area (Å²) in [5.74, 6) is 1.44. The number of fused-ring (bicyclic) bond motifs is 1. The van der Waals surface area contributed by atoms with E-state index < -0.39 is 0 Å². The molecule has 1 amide bonds. The van der Waals surface area contributed by atoms with Gasteiger partial charge in [0.1, 0.15) is 23.4 Å². The number of para-hydroxylation sites is 2. The van der Waals surface area contributed by atoms with Crippen LogP contribution in [0.25, 0.3) is 22.7 Å². The number of carbonyl (C=O) groups excluding carboxylic acids is 1. The zero-order chi connectivity index (χ0) is 22.3. The van der Waals surface area contributed by atoms with Crippen molar-refractivity contribution in [3.63, 3.8) is 0 Å². The van der Waals surface area contributed by atoms with Gasteiger partial charge in [-0.25, -0.2) is 4.98 Å². The second-order valence-corrected chi connectivity index (χ2v) is 6.91. The van der Waals surface area contributed by atoms with Gasteiger partial charge in [0.15, 0.2) is 6.61 Å². The number of amides is 1. The molecule has 0 bridgehead atoms. The summed E-state index contributed by atoms with van der Waals surface area (Å²) in [6.45, 7) is -0.130. The lowest BCUT2D eigenvalue weighted by Crippen LogP contribution is -2.20. The molecule has 3 aromatic carbocycles. The van der Waals surface area contributed by atoms with Crippen molar-refractivity contribution in [3.8, 4) is 17.6 Å². The molecule has 4 aromatic rings. The van der Waals surface area contributed by atoms with Crippen LogP contribution in [0.2, 0.25) is 0 Å². The molecule has 7 nitrogen and oxygen atoms in total. The maximum Gasteiger partial charge on any atom is 0.262 e. The molecular formula is C25H20N4O3. The Kier molecular flexibility index (Phi) is 6.14. The Morgan fingerprint density at radius 1 is 1.09 bits per heavy atom. The van der Waals surface area contributed by atoms with E-state index in [1.165, 1.54) is 0 Å². The molecule has 0 atom stereocenters. The molecule has 2 N–H and O–H groups in total. The van der Waals surface area contributed by atoms with Gasteiger partial charge in [0.05, 0.1) is 23.7 Å². The Bertz CT molecular complexity index is 1280. The van der Waals surface area contributed by atoms with Gasteiger partial charge < -0.3 is 19.8 Å². The number of carbonyl (C=O) groups is 1. The average Bonchev–Trinajstić information content (AvgIpc) is 3.26. The minimum Gasteiger partial charge on any atom is -0.497 e. The number of rotatable bonds is 7. The number of ether oxygens (including phenoxy) is 2. The molecule has 32 heavy (non-hydrogen) atoms. The molecule has 1 aromatic heterocycles. The van der Waals surface area contributed by atoms with Crippen LogP contribution >= 0.6 is 0 Å². The molecular weight excluding hydrogens is 404 g/mol. The number of nitrogens with zero attached hydrogens (tertiary/aromatic N) is 2. The lowest BCUT2D eigenvalue weighted by Gasteiger charge is -2.09. The highest BCUT2D eigenvalue weighted by molar-refractivity contribution is 5.92. The van der Waals surface area contributed by atoms with Crippen molar-refractivity contribution in [3.05, 3.63) is 84.2 Å². The first kappa shape index (κ1) is 20.7. The van der Waals surface area contributed by atoms with Crippen molar-refractivity contribution in [2.24, 2.45) is 0 Å². The van der Waals surface area contributed by atoms with Gasteiger partial charge in [0.2, 0.25) is 0 Å². The van der Waals surface area contributed by atoms with Gasteiger partial charge in [-0.1, -0.05) is 30.3 Å². The molecule has 0 saturated carbocycles. The Labute approximate surface area is 184 Å². The standard InChI is InChI=1S/C25H20N4O3/c1-31-21-6-4-5-19(14-21)27-24(30)16-32-20-11-9-17(10-12-20)13-18(15-26)25-28-22-7-2-3-8-23(22)29-25/h2-14H,16H2,1H3,(H,27,30)(H,28,29)/b18-13+. The fraction of sp³-hybridized carbons (Fsp3) is 0.0800. The molecule has 0 saturated heterocycles. The number of nitriles is 1. The first-order valence-corrected chi connectivity index (χ1v) is 9.88. The van der Waals surface area contributed by atoms with Crippen molar-refractivity contribution in [2.75, 3.05) is 19.0 Å². The molecule has 0 fully saturated rings. The van der Waals surface area contributed by atoms with Crippen molar-refractivity contribution in [2.45, 2.75) is 0 Å². The Morgan fingerprint density at radius 3 is 2.66 bits per heavy atom. The van der Waals surface area contributed by atoms with Crippen LogP contribution in [-0.2, 0) is 4.79 Å². The Morgan fingerprint density at radius 2 is 1.91 bits per heavy atom. The molecule has 4 rings (SSSR count). The van der Waals surface area contributed by atoms with E-state index in [0.29, 0.717) is 28.6 Å². The summed E-state index contributed by atoms with van der Waals surface area (Å²) in [5.41, 5.74) is 3.55. The number of hydrogen-bond donors (Lipinski definition) is 2. The Hall–Kier alpha value is -4.57. The van der Waals surface area contributed by atoms with E-state index in [-0.39, 0.29) is 12.5 Å². The molecule has 0 unspecified atom stereocenters. The molecule has 0 spiro atoms. The summed E-state index contributed by atoms with van der Waals surface area (Å²) >= 11 is 0. The van der Waals surface area contributed by atoms with Crippen molar-refractivity contribution in [1.29, 1.82) is 5.26 Å². The number of imidazole rings is 1. The quantitative estimate of drug-likeness (QED) is 0.421. The third-order valence-corrected chi connectivity index (χ3v) is 4.68. The fourth-order valence-electron chi connectivity index (χ4n) is 3.11. The second kappa shape index (κ2) is 9.49. The van der Waals surface area contributed by atoms with Crippen molar-refractivity contribution < 1.29 is 14.3 Å². The number of nitrogens with one attached hydrogen (secondary N) is 2. The highest BCUT2D eigenvalue weighted by atomic mass is 16.5. The van der Waals surface area contributed by atoms with Crippen LogP contribution in [0.4, 0.5) is 5.69 Å². The topological polar surface area (TPSA) is 100 Å². The highest BCUT2D eigenvalue weighted by Crippen LogP contribution is 2.21. The lowest BCUT2D eigenvalue weighted by atomic mass is 10.1. The summed E-state index contributed by atoms with van der Waals surface area (Å²) in [6.07, 6.45) is 1.75. The number of aromatic nitrogens is 2. The Balaban J connectivity index is 1.38. The SMILES string of the molecule is COc1cccc(NC(=O)COc2ccc(/C=C(\C#N)c3nc4ccccc4[nH]3)cc2)c1. The van der Waals surface area contributed by atoms with Gasteiger partial charge in [0.25, 0.3) is 5.91 Å². The zero-order valence-corrected chi connectivity index (χ0v) is 17.3. The van der Waals surface area contributed by atoms with Crippen LogP contribution in [0, 0.1) is 11.3 Å². The molecule has 7 heteroatoms. The van der Waals surface area contributed by atoms with E-state index in [9.17, 15) is 10.1 Å². The number of aromatic amines is 1. The molecule has 0 aliphatic rings. The van der Waals surface area contributed by atoms with Gasteiger partial charge in [-0.05, 0) is 48.0 Å². The normalized spacial score (nSPS) is 11.1. The third-order valence-electron chi connectivity index (χ3n) is 4.68. The number of hydrogen-bond acceptors (Lipinski definition) is 5. The molecule has 158 valence electrons. The zero-order valence-electron chi connectivity index (χ0n) is 17.3. The van der Waals surface area contributed by atoms with Crippen LogP contribution in [0.15, 0.2) is 72.8 Å². The summed E-state index contributed by atoms with van der Waals surface area (Å²) in [6, 6.07) is 24.0. The third kappa shape index (κ3) is 4.94. The molecule has 1 heterocycles. The van der Waals surface area contributed by atoms with E-state index >= 15 is 0 Å². The minimum atomic E-state index is -0.279. The highest BCUT2D eigenvalue weighted by Gasteiger charge is 2.08. The molecule has 0 radical (unpaired) electrons. The van der Waals surface area contributed by atoms with Gasteiger partial charge in [-0.3, -0.25) is 4.79 Å². The van der Waals surface area contributed by atoms with E-state index in [1.54, 1.807) is 49.6 Å². The predicted molar refractivity (Wildman–Crippen MR) is 123 cm³/mol. The van der Waals surface area contributed by atoms with Crippen LogP contribution in [0.3, 0.4) is 0 Å². The number of benzene rings is 3. The number of H-pyrrole nitrogens is 1. The van der Waals surface area contributed by atoms with E-state index in [4.69, 9.17) is 9.47 Å². The summed E-state index contributed by atoms with van der Waals surface area (Å²) in [4.78, 5) is 19.8. The average molecular weight is 424 g/mol. The van der Waals surface area contributed by atoms with Crippen molar-refractivity contribution in [1.82, 2.24) is 9.97 Å². The number of anilines is 1. The van der Waals surface area contributed by atoms with E-state index in [2.05, 4.69) is 21.4 Å². The largest absolute Gasteiger partial charge is 0.497 e. The lowest BCUT2D eigenvalue weighted by molar-refractivity contribution is -0.118.